The Kier molecular flexibility index (Phi) is 4.46. The van der Waals surface area contributed by atoms with Gasteiger partial charge in [-0.15, -0.1) is 0 Å². The highest BCUT2D eigenvalue weighted by Crippen LogP contribution is 2.33. The second kappa shape index (κ2) is 6.68. The van der Waals surface area contributed by atoms with Gasteiger partial charge in [0.2, 0.25) is 0 Å². The van der Waals surface area contributed by atoms with E-state index in [0.29, 0.717) is 12.3 Å². The summed E-state index contributed by atoms with van der Waals surface area (Å²) in [5.41, 5.74) is 2.04. The van der Waals surface area contributed by atoms with Gasteiger partial charge in [-0.25, -0.2) is 0 Å². The molecular formula is C19H20O2. The average Bonchev–Trinajstić information content (AvgIpc) is 2.57. The lowest BCUT2D eigenvalue weighted by Crippen LogP contribution is -2.22. The van der Waals surface area contributed by atoms with Crippen LogP contribution >= 0.6 is 0 Å². The largest absolute Gasteiger partial charge is 0.374 e. The number of carbonyl (C=O) groups is 1. The Balaban J connectivity index is 1.63. The standard InChI is InChI=1S/C19H20O2/c20-18(16-7-3-1-4-8-16)13-15-11-12-21-19(14-15)17-9-5-2-6-10-17/h1-10,15,19H,11-14H2/t15-,19-/m1/s1. The summed E-state index contributed by atoms with van der Waals surface area (Å²) in [5.74, 6) is 0.658. The van der Waals surface area contributed by atoms with Crippen molar-refractivity contribution in [3.8, 4) is 0 Å². The van der Waals surface area contributed by atoms with E-state index >= 15 is 0 Å². The summed E-state index contributed by atoms with van der Waals surface area (Å²) >= 11 is 0. The number of rotatable bonds is 4. The molecule has 3 rings (SSSR count). The van der Waals surface area contributed by atoms with Crippen molar-refractivity contribution in [1.29, 1.82) is 0 Å². The number of ketones is 1. The van der Waals surface area contributed by atoms with Crippen LogP contribution in [-0.2, 0) is 4.74 Å². The lowest BCUT2D eigenvalue weighted by molar-refractivity contribution is -0.0108. The molecule has 0 saturated carbocycles. The van der Waals surface area contributed by atoms with Crippen LogP contribution in [0.25, 0.3) is 0 Å². The SMILES string of the molecule is O=C(C[C@H]1CCO[C@@H](c2ccccc2)C1)c1ccccc1. The predicted octanol–water partition coefficient (Wildman–Crippen LogP) is 4.43. The Hall–Kier alpha value is -1.93. The molecule has 108 valence electrons. The predicted molar refractivity (Wildman–Crippen MR) is 83.2 cm³/mol. The number of hydrogen-bond acceptors (Lipinski definition) is 2. The first-order valence-electron chi connectivity index (χ1n) is 7.58. The molecule has 2 aromatic carbocycles. The third kappa shape index (κ3) is 3.59. The van der Waals surface area contributed by atoms with E-state index < -0.39 is 0 Å². The van der Waals surface area contributed by atoms with E-state index in [9.17, 15) is 4.79 Å². The Morgan fingerprint density at radius 1 is 1.00 bits per heavy atom. The van der Waals surface area contributed by atoms with Crippen LogP contribution in [0.4, 0.5) is 0 Å². The van der Waals surface area contributed by atoms with Gasteiger partial charge in [0.05, 0.1) is 6.10 Å². The van der Waals surface area contributed by atoms with Gasteiger partial charge in [0.15, 0.2) is 5.78 Å². The van der Waals surface area contributed by atoms with Crippen LogP contribution in [0.2, 0.25) is 0 Å². The highest BCUT2D eigenvalue weighted by atomic mass is 16.5. The molecule has 0 unspecified atom stereocenters. The van der Waals surface area contributed by atoms with E-state index in [2.05, 4.69) is 12.1 Å². The van der Waals surface area contributed by atoms with Crippen molar-refractivity contribution < 1.29 is 9.53 Å². The lowest BCUT2D eigenvalue weighted by atomic mass is 9.87. The van der Waals surface area contributed by atoms with Gasteiger partial charge in [-0.1, -0.05) is 60.7 Å². The van der Waals surface area contributed by atoms with E-state index in [1.807, 2.05) is 48.5 Å². The summed E-state index contributed by atoms with van der Waals surface area (Å²) in [5, 5.41) is 0. The highest BCUT2D eigenvalue weighted by Gasteiger charge is 2.25. The van der Waals surface area contributed by atoms with Gasteiger partial charge in [-0.2, -0.15) is 0 Å². The normalized spacial score (nSPS) is 21.9. The van der Waals surface area contributed by atoms with Crippen molar-refractivity contribution in [3.63, 3.8) is 0 Å². The first kappa shape index (κ1) is 14.0. The van der Waals surface area contributed by atoms with Gasteiger partial charge >= 0.3 is 0 Å². The smallest absolute Gasteiger partial charge is 0.163 e. The maximum absolute atomic E-state index is 12.3. The summed E-state index contributed by atoms with van der Waals surface area (Å²) in [6, 6.07) is 19.9. The molecule has 0 amide bonds. The minimum absolute atomic E-state index is 0.133. The second-order valence-electron chi connectivity index (χ2n) is 5.65. The second-order valence-corrected chi connectivity index (χ2v) is 5.65. The zero-order chi connectivity index (χ0) is 14.5. The Morgan fingerprint density at radius 2 is 1.67 bits per heavy atom. The quantitative estimate of drug-likeness (QED) is 0.775. The molecule has 0 spiro atoms. The van der Waals surface area contributed by atoms with Gasteiger partial charge in [-0.05, 0) is 24.3 Å². The number of benzene rings is 2. The van der Waals surface area contributed by atoms with Crippen molar-refractivity contribution in [2.45, 2.75) is 25.4 Å². The van der Waals surface area contributed by atoms with Crippen LogP contribution in [-0.4, -0.2) is 12.4 Å². The molecule has 1 saturated heterocycles. The number of Topliss-reactive ketones (excluding diaryl/α,β-unsaturated/α-hetero) is 1. The monoisotopic (exact) mass is 280 g/mol. The molecule has 2 atom stereocenters. The number of hydrogen-bond donors (Lipinski definition) is 0. The first-order chi connectivity index (χ1) is 10.3. The first-order valence-corrected chi connectivity index (χ1v) is 7.58. The van der Waals surface area contributed by atoms with Gasteiger partial charge in [-0.3, -0.25) is 4.79 Å². The third-order valence-electron chi connectivity index (χ3n) is 4.13. The zero-order valence-corrected chi connectivity index (χ0v) is 12.1. The van der Waals surface area contributed by atoms with Crippen LogP contribution in [0.3, 0.4) is 0 Å². The zero-order valence-electron chi connectivity index (χ0n) is 12.1. The summed E-state index contributed by atoms with van der Waals surface area (Å²) in [7, 11) is 0. The van der Waals surface area contributed by atoms with E-state index in [0.717, 1.165) is 25.0 Å². The molecule has 1 aliphatic rings. The Morgan fingerprint density at radius 3 is 2.38 bits per heavy atom. The maximum Gasteiger partial charge on any atom is 0.163 e. The summed E-state index contributed by atoms with van der Waals surface area (Å²) in [4.78, 5) is 12.3. The number of carbonyl (C=O) groups excluding carboxylic acids is 1. The van der Waals surface area contributed by atoms with Crippen LogP contribution < -0.4 is 0 Å². The van der Waals surface area contributed by atoms with Gasteiger partial charge < -0.3 is 4.74 Å². The fraction of sp³-hybridized carbons (Fsp3) is 0.316. The molecule has 1 heterocycles. The van der Waals surface area contributed by atoms with Crippen LogP contribution in [0, 0.1) is 5.92 Å². The van der Waals surface area contributed by atoms with Crippen LogP contribution in [0.15, 0.2) is 60.7 Å². The highest BCUT2D eigenvalue weighted by molar-refractivity contribution is 5.96. The maximum atomic E-state index is 12.3. The topological polar surface area (TPSA) is 26.3 Å². The summed E-state index contributed by atoms with van der Waals surface area (Å²) in [6.45, 7) is 0.742. The van der Waals surface area contributed by atoms with Gasteiger partial charge in [0.1, 0.15) is 0 Å². The molecule has 2 aromatic rings. The van der Waals surface area contributed by atoms with E-state index in [4.69, 9.17) is 4.74 Å². The number of ether oxygens (including phenoxy) is 1. The molecule has 21 heavy (non-hydrogen) atoms. The van der Waals surface area contributed by atoms with Crippen molar-refractivity contribution in [2.24, 2.45) is 5.92 Å². The third-order valence-corrected chi connectivity index (χ3v) is 4.13. The molecule has 1 fully saturated rings. The van der Waals surface area contributed by atoms with Crippen LogP contribution in [0.1, 0.15) is 41.3 Å². The molecule has 0 bridgehead atoms. The van der Waals surface area contributed by atoms with E-state index in [1.165, 1.54) is 5.56 Å². The van der Waals surface area contributed by atoms with Crippen molar-refractivity contribution >= 4 is 5.78 Å². The summed E-state index contributed by atoms with van der Waals surface area (Å²) in [6.07, 6.45) is 2.66. The Bertz CT molecular complexity index is 577. The van der Waals surface area contributed by atoms with E-state index in [1.54, 1.807) is 0 Å². The average molecular weight is 280 g/mol. The lowest BCUT2D eigenvalue weighted by Gasteiger charge is -2.29. The molecule has 0 aliphatic carbocycles. The molecule has 2 nitrogen and oxygen atoms in total. The van der Waals surface area contributed by atoms with E-state index in [-0.39, 0.29) is 11.9 Å². The molecule has 0 radical (unpaired) electrons. The molecule has 0 N–H and O–H groups in total. The Labute approximate surface area is 125 Å². The van der Waals surface area contributed by atoms with Gasteiger partial charge in [0, 0.05) is 18.6 Å². The van der Waals surface area contributed by atoms with Crippen molar-refractivity contribution in [2.75, 3.05) is 6.61 Å². The molecule has 0 aromatic heterocycles. The molecular weight excluding hydrogens is 260 g/mol. The minimum atomic E-state index is 0.133. The minimum Gasteiger partial charge on any atom is -0.374 e. The fourth-order valence-electron chi connectivity index (χ4n) is 2.96. The fourth-order valence-corrected chi connectivity index (χ4v) is 2.96. The molecule has 2 heteroatoms. The van der Waals surface area contributed by atoms with Gasteiger partial charge in [0.25, 0.3) is 0 Å². The molecule has 1 aliphatic heterocycles. The summed E-state index contributed by atoms with van der Waals surface area (Å²) < 4.78 is 5.87. The van der Waals surface area contributed by atoms with Crippen molar-refractivity contribution in [3.05, 3.63) is 71.8 Å². The van der Waals surface area contributed by atoms with Crippen molar-refractivity contribution in [1.82, 2.24) is 0 Å². The van der Waals surface area contributed by atoms with Crippen LogP contribution in [0.5, 0.6) is 0 Å².